The van der Waals surface area contributed by atoms with Crippen molar-refractivity contribution >= 4 is 17.5 Å². The van der Waals surface area contributed by atoms with Crippen molar-refractivity contribution < 1.29 is 32.6 Å². The molecule has 132 valence electrons. The molecular weight excluding hydrogens is 325 g/mol. The lowest BCUT2D eigenvalue weighted by Crippen LogP contribution is -3.27. The molecule has 2 rings (SSSR count). The smallest absolute Gasteiger partial charge is 0.275 e. The van der Waals surface area contributed by atoms with Gasteiger partial charge in [-0.25, -0.2) is 13.2 Å². The number of carbonyl (C=O) groups is 2. The van der Waals surface area contributed by atoms with Crippen molar-refractivity contribution in [2.75, 3.05) is 51.6 Å². The fourth-order valence-electron chi connectivity index (χ4n) is 2.49. The van der Waals surface area contributed by atoms with Crippen LogP contribution >= 0.6 is 0 Å². The van der Waals surface area contributed by atoms with Crippen LogP contribution in [0.4, 0.5) is 18.9 Å². The highest BCUT2D eigenvalue weighted by Crippen LogP contribution is 2.19. The predicted octanol–water partition coefficient (Wildman–Crippen LogP) is -2.43. The molecule has 6 nitrogen and oxygen atoms in total. The van der Waals surface area contributed by atoms with Crippen molar-refractivity contribution in [2.45, 2.75) is 0 Å². The molecule has 0 radical (unpaired) electrons. The lowest BCUT2D eigenvalue weighted by molar-refractivity contribution is -1.000. The second-order valence-corrected chi connectivity index (χ2v) is 5.93. The minimum absolute atomic E-state index is 0.264. The standard InChI is InChI=1S/C15H19F3N4O2/c1-21-4-6-22(7-5-21)9-13(24)19-8-12(23)20-11-3-2-10(16)14(17)15(11)18/h2-3H,4-9H2,1H3,(H,19,24)(H,20,23)/p+2. The number of halogens is 3. The normalized spacial score (nSPS) is 20.5. The fourth-order valence-corrected chi connectivity index (χ4v) is 2.49. The third-order valence-electron chi connectivity index (χ3n) is 3.98. The zero-order valence-corrected chi connectivity index (χ0v) is 13.3. The highest BCUT2D eigenvalue weighted by molar-refractivity contribution is 5.94. The molecule has 1 aliphatic rings. The number of hydrogen-bond acceptors (Lipinski definition) is 2. The van der Waals surface area contributed by atoms with Crippen LogP contribution in [-0.2, 0) is 9.59 Å². The van der Waals surface area contributed by atoms with E-state index in [0.29, 0.717) is 6.07 Å². The largest absolute Gasteiger partial charge is 0.342 e. The van der Waals surface area contributed by atoms with Gasteiger partial charge in [0, 0.05) is 0 Å². The molecule has 1 heterocycles. The maximum atomic E-state index is 13.4. The van der Waals surface area contributed by atoms with Crippen LogP contribution in [0.2, 0.25) is 0 Å². The number of likely N-dealkylation sites (N-methyl/N-ethyl adjacent to an activating group) is 1. The highest BCUT2D eigenvalue weighted by Gasteiger charge is 2.22. The topological polar surface area (TPSA) is 67.1 Å². The summed E-state index contributed by atoms with van der Waals surface area (Å²) in [6, 6.07) is 1.63. The zero-order valence-electron chi connectivity index (χ0n) is 13.3. The monoisotopic (exact) mass is 346 g/mol. The summed E-state index contributed by atoms with van der Waals surface area (Å²) in [6.07, 6.45) is 0. The number of benzene rings is 1. The molecular formula is C15H21F3N4O2+2. The van der Waals surface area contributed by atoms with Gasteiger partial charge in [0.2, 0.25) is 5.91 Å². The van der Waals surface area contributed by atoms with Crippen LogP contribution in [0.15, 0.2) is 12.1 Å². The van der Waals surface area contributed by atoms with E-state index in [1.165, 1.54) is 4.90 Å². The van der Waals surface area contributed by atoms with Crippen molar-refractivity contribution in [3.05, 3.63) is 29.6 Å². The summed E-state index contributed by atoms with van der Waals surface area (Å²) in [6.45, 7) is 3.63. The van der Waals surface area contributed by atoms with E-state index in [-0.39, 0.29) is 19.0 Å². The van der Waals surface area contributed by atoms with Gasteiger partial charge in [-0.3, -0.25) is 9.59 Å². The SMILES string of the molecule is C[NH+]1CC[NH+](CC(=O)NCC(=O)Nc2ccc(F)c(F)c2F)CC1. The molecule has 0 spiro atoms. The first-order valence-corrected chi connectivity index (χ1v) is 7.71. The first kappa shape index (κ1) is 18.2. The summed E-state index contributed by atoms with van der Waals surface area (Å²) in [5, 5.41) is 4.54. The van der Waals surface area contributed by atoms with Gasteiger partial charge in [-0.2, -0.15) is 0 Å². The number of rotatable bonds is 5. The molecule has 1 fully saturated rings. The number of anilines is 1. The Hall–Kier alpha value is -2.13. The molecule has 9 heteroatoms. The molecule has 1 saturated heterocycles. The predicted molar refractivity (Wildman–Crippen MR) is 80.1 cm³/mol. The van der Waals surface area contributed by atoms with Gasteiger partial charge in [0.05, 0.1) is 19.3 Å². The number of nitrogens with one attached hydrogen (secondary N) is 4. The Labute approximate surface area is 137 Å². The van der Waals surface area contributed by atoms with E-state index in [9.17, 15) is 22.8 Å². The summed E-state index contributed by atoms with van der Waals surface area (Å²) in [5.41, 5.74) is -0.471. The minimum Gasteiger partial charge on any atom is -0.342 e. The third kappa shape index (κ3) is 4.93. The van der Waals surface area contributed by atoms with Crippen LogP contribution < -0.4 is 20.4 Å². The Morgan fingerprint density at radius 2 is 1.71 bits per heavy atom. The lowest BCUT2D eigenvalue weighted by atomic mass is 10.2. The fraction of sp³-hybridized carbons (Fsp3) is 0.467. The molecule has 0 aromatic heterocycles. The molecule has 2 amide bonds. The van der Waals surface area contributed by atoms with E-state index < -0.39 is 29.0 Å². The third-order valence-corrected chi connectivity index (χ3v) is 3.98. The van der Waals surface area contributed by atoms with Crippen molar-refractivity contribution in [3.63, 3.8) is 0 Å². The van der Waals surface area contributed by atoms with Crippen LogP contribution in [0.1, 0.15) is 0 Å². The van der Waals surface area contributed by atoms with E-state index in [1.807, 2.05) is 0 Å². The van der Waals surface area contributed by atoms with Crippen LogP contribution in [0.3, 0.4) is 0 Å². The summed E-state index contributed by atoms with van der Waals surface area (Å²) in [5.74, 6) is -5.47. The van der Waals surface area contributed by atoms with Crippen molar-refractivity contribution in [1.29, 1.82) is 0 Å². The molecule has 1 aromatic rings. The average molecular weight is 346 g/mol. The second-order valence-electron chi connectivity index (χ2n) is 5.93. The quantitative estimate of drug-likeness (QED) is 0.448. The van der Waals surface area contributed by atoms with E-state index in [4.69, 9.17) is 0 Å². The van der Waals surface area contributed by atoms with E-state index in [2.05, 4.69) is 17.7 Å². The van der Waals surface area contributed by atoms with E-state index in [1.54, 1.807) is 0 Å². The molecule has 24 heavy (non-hydrogen) atoms. The molecule has 0 unspecified atom stereocenters. The molecule has 1 aliphatic heterocycles. The molecule has 0 bridgehead atoms. The maximum absolute atomic E-state index is 13.4. The van der Waals surface area contributed by atoms with Crippen LogP contribution in [0.5, 0.6) is 0 Å². The van der Waals surface area contributed by atoms with Crippen LogP contribution in [-0.4, -0.2) is 58.1 Å². The van der Waals surface area contributed by atoms with Gasteiger partial charge in [0.15, 0.2) is 24.0 Å². The summed E-state index contributed by atoms with van der Waals surface area (Å²) in [4.78, 5) is 26.1. The summed E-state index contributed by atoms with van der Waals surface area (Å²) in [7, 11) is 2.10. The van der Waals surface area contributed by atoms with Crippen LogP contribution in [0.25, 0.3) is 0 Å². The highest BCUT2D eigenvalue weighted by atomic mass is 19.2. The van der Waals surface area contributed by atoms with E-state index >= 15 is 0 Å². The Morgan fingerprint density at radius 3 is 2.38 bits per heavy atom. The van der Waals surface area contributed by atoms with E-state index in [0.717, 1.165) is 37.1 Å². The van der Waals surface area contributed by atoms with Crippen molar-refractivity contribution in [2.24, 2.45) is 0 Å². The average Bonchev–Trinajstić information content (AvgIpc) is 2.56. The molecule has 1 aromatic carbocycles. The number of quaternary nitrogens is 2. The van der Waals surface area contributed by atoms with Gasteiger partial charge in [-0.05, 0) is 12.1 Å². The minimum atomic E-state index is -1.65. The summed E-state index contributed by atoms with van der Waals surface area (Å²) < 4.78 is 39.3. The van der Waals surface area contributed by atoms with Gasteiger partial charge in [0.1, 0.15) is 26.2 Å². The number of hydrogen-bond donors (Lipinski definition) is 4. The number of carbonyl (C=O) groups excluding carboxylic acids is 2. The number of piperazine rings is 1. The van der Waals surface area contributed by atoms with Crippen molar-refractivity contribution in [1.82, 2.24) is 5.32 Å². The Kier molecular flexibility index (Phi) is 6.16. The Balaban J connectivity index is 1.77. The van der Waals surface area contributed by atoms with Gasteiger partial charge < -0.3 is 20.4 Å². The second kappa shape index (κ2) is 8.11. The Bertz CT molecular complexity index is 619. The molecule has 0 aliphatic carbocycles. The van der Waals surface area contributed by atoms with Gasteiger partial charge in [-0.1, -0.05) is 0 Å². The zero-order chi connectivity index (χ0) is 17.7. The lowest BCUT2D eigenvalue weighted by Gasteiger charge is -2.26. The summed E-state index contributed by atoms with van der Waals surface area (Å²) >= 11 is 0. The number of amides is 2. The molecule has 0 saturated carbocycles. The Morgan fingerprint density at radius 1 is 1.04 bits per heavy atom. The maximum Gasteiger partial charge on any atom is 0.275 e. The molecule has 4 N–H and O–H groups in total. The van der Waals surface area contributed by atoms with Crippen LogP contribution in [0, 0.1) is 17.5 Å². The van der Waals surface area contributed by atoms with Gasteiger partial charge in [0.25, 0.3) is 5.91 Å². The first-order chi connectivity index (χ1) is 11.4. The van der Waals surface area contributed by atoms with Crippen molar-refractivity contribution in [3.8, 4) is 0 Å². The molecule has 0 atom stereocenters. The van der Waals surface area contributed by atoms with Gasteiger partial charge in [-0.15, -0.1) is 0 Å². The first-order valence-electron chi connectivity index (χ1n) is 7.71. The van der Waals surface area contributed by atoms with Gasteiger partial charge >= 0.3 is 0 Å².